The standard InChI is InChI=1S/C11H16N4O/c1-5-6-16-11-8(4)10(15-12)13-9(14-11)7(2)3/h1,7H,6,12H2,2-4H3,(H,13,14,15). The minimum atomic E-state index is 0.180. The van der Waals surface area contributed by atoms with E-state index in [-0.39, 0.29) is 12.5 Å². The van der Waals surface area contributed by atoms with Crippen LogP contribution in [0.4, 0.5) is 5.82 Å². The number of hydrazine groups is 1. The number of aromatic nitrogens is 2. The van der Waals surface area contributed by atoms with E-state index in [1.54, 1.807) is 0 Å². The van der Waals surface area contributed by atoms with Crippen molar-refractivity contribution >= 4 is 5.82 Å². The van der Waals surface area contributed by atoms with E-state index in [0.29, 0.717) is 17.5 Å². The molecule has 86 valence electrons. The predicted octanol–water partition coefficient (Wildman–Crippen LogP) is 1.21. The maximum Gasteiger partial charge on any atom is 0.222 e. The van der Waals surface area contributed by atoms with Crippen molar-refractivity contribution in [3.8, 4) is 18.2 Å². The first-order chi connectivity index (χ1) is 7.60. The van der Waals surface area contributed by atoms with Crippen molar-refractivity contribution in [1.82, 2.24) is 9.97 Å². The number of hydrogen-bond donors (Lipinski definition) is 2. The van der Waals surface area contributed by atoms with Crippen LogP contribution in [0.15, 0.2) is 0 Å². The van der Waals surface area contributed by atoms with E-state index in [0.717, 1.165) is 5.56 Å². The van der Waals surface area contributed by atoms with Crippen LogP contribution in [0.5, 0.6) is 5.88 Å². The molecule has 0 unspecified atom stereocenters. The Hall–Kier alpha value is -1.80. The van der Waals surface area contributed by atoms with E-state index in [2.05, 4.69) is 21.3 Å². The summed E-state index contributed by atoms with van der Waals surface area (Å²) < 4.78 is 5.34. The summed E-state index contributed by atoms with van der Waals surface area (Å²) in [5, 5.41) is 0. The monoisotopic (exact) mass is 220 g/mol. The lowest BCUT2D eigenvalue weighted by molar-refractivity contribution is 0.350. The molecule has 1 rings (SSSR count). The number of nitrogens with one attached hydrogen (secondary N) is 1. The molecule has 0 aliphatic carbocycles. The van der Waals surface area contributed by atoms with E-state index >= 15 is 0 Å². The number of nitrogen functional groups attached to an aromatic ring is 1. The fourth-order valence-electron chi connectivity index (χ4n) is 1.16. The highest BCUT2D eigenvalue weighted by Gasteiger charge is 2.13. The van der Waals surface area contributed by atoms with Gasteiger partial charge in [0.15, 0.2) is 6.61 Å². The van der Waals surface area contributed by atoms with Crippen LogP contribution in [0.2, 0.25) is 0 Å². The highest BCUT2D eigenvalue weighted by Crippen LogP contribution is 2.23. The van der Waals surface area contributed by atoms with Gasteiger partial charge in [-0.15, -0.1) is 6.42 Å². The van der Waals surface area contributed by atoms with Crippen LogP contribution in [0.25, 0.3) is 0 Å². The Bertz CT molecular complexity index is 409. The van der Waals surface area contributed by atoms with Crippen molar-refractivity contribution in [1.29, 1.82) is 0 Å². The number of rotatable bonds is 4. The molecule has 0 saturated carbocycles. The number of nitrogens with zero attached hydrogens (tertiary/aromatic N) is 2. The van der Waals surface area contributed by atoms with Gasteiger partial charge >= 0.3 is 0 Å². The minimum absolute atomic E-state index is 0.180. The molecule has 0 aromatic carbocycles. The normalized spacial score (nSPS) is 10.0. The Labute approximate surface area is 95.4 Å². The fraction of sp³-hybridized carbons (Fsp3) is 0.455. The molecule has 5 heteroatoms. The molecule has 0 bridgehead atoms. The second-order valence-corrected chi connectivity index (χ2v) is 3.65. The highest BCUT2D eigenvalue weighted by molar-refractivity contribution is 5.47. The topological polar surface area (TPSA) is 73.1 Å². The third-order valence-corrected chi connectivity index (χ3v) is 2.06. The summed E-state index contributed by atoms with van der Waals surface area (Å²) in [7, 11) is 0. The van der Waals surface area contributed by atoms with Gasteiger partial charge in [0.05, 0.1) is 5.56 Å². The highest BCUT2D eigenvalue weighted by atomic mass is 16.5. The van der Waals surface area contributed by atoms with Crippen molar-refractivity contribution in [3.63, 3.8) is 0 Å². The molecule has 0 radical (unpaired) electrons. The summed E-state index contributed by atoms with van der Waals surface area (Å²) in [6.07, 6.45) is 5.14. The van der Waals surface area contributed by atoms with Crippen LogP contribution in [-0.4, -0.2) is 16.6 Å². The smallest absolute Gasteiger partial charge is 0.222 e. The Balaban J connectivity index is 3.14. The average molecular weight is 220 g/mol. The van der Waals surface area contributed by atoms with Crippen LogP contribution in [0.1, 0.15) is 31.2 Å². The first kappa shape index (κ1) is 12.3. The van der Waals surface area contributed by atoms with Gasteiger partial charge in [0, 0.05) is 5.92 Å². The van der Waals surface area contributed by atoms with Crippen LogP contribution in [0, 0.1) is 19.3 Å². The molecule has 0 atom stereocenters. The SMILES string of the molecule is C#CCOc1nc(C(C)C)nc(NN)c1C. The van der Waals surface area contributed by atoms with Crippen molar-refractivity contribution in [2.24, 2.45) is 5.84 Å². The molecule has 1 heterocycles. The first-order valence-electron chi connectivity index (χ1n) is 5.01. The first-order valence-corrected chi connectivity index (χ1v) is 5.01. The molecule has 0 spiro atoms. The molecule has 0 fully saturated rings. The minimum Gasteiger partial charge on any atom is -0.464 e. The molecule has 0 aliphatic heterocycles. The van der Waals surface area contributed by atoms with E-state index in [4.69, 9.17) is 17.0 Å². The molecular weight excluding hydrogens is 204 g/mol. The van der Waals surface area contributed by atoms with Gasteiger partial charge < -0.3 is 10.2 Å². The zero-order chi connectivity index (χ0) is 12.1. The molecule has 3 N–H and O–H groups in total. The van der Waals surface area contributed by atoms with E-state index < -0.39 is 0 Å². The van der Waals surface area contributed by atoms with Crippen molar-refractivity contribution in [2.45, 2.75) is 26.7 Å². The van der Waals surface area contributed by atoms with Gasteiger partial charge in [0.2, 0.25) is 5.88 Å². The number of ether oxygens (including phenoxy) is 1. The van der Waals surface area contributed by atoms with Gasteiger partial charge in [-0.2, -0.15) is 4.98 Å². The number of anilines is 1. The second kappa shape index (κ2) is 5.33. The van der Waals surface area contributed by atoms with Gasteiger partial charge in [0.1, 0.15) is 11.6 Å². The van der Waals surface area contributed by atoms with Gasteiger partial charge in [-0.1, -0.05) is 19.8 Å². The van der Waals surface area contributed by atoms with E-state index in [1.165, 1.54) is 0 Å². The van der Waals surface area contributed by atoms with Crippen LogP contribution < -0.4 is 16.0 Å². The van der Waals surface area contributed by atoms with Crippen molar-refractivity contribution in [3.05, 3.63) is 11.4 Å². The lowest BCUT2D eigenvalue weighted by atomic mass is 10.2. The van der Waals surface area contributed by atoms with Gasteiger partial charge in [-0.3, -0.25) is 0 Å². The van der Waals surface area contributed by atoms with Crippen molar-refractivity contribution < 1.29 is 4.74 Å². The summed E-state index contributed by atoms with van der Waals surface area (Å²) in [5.74, 6) is 9.68. The van der Waals surface area contributed by atoms with Gasteiger partial charge in [-0.25, -0.2) is 10.8 Å². The average Bonchev–Trinajstić information content (AvgIpc) is 2.27. The number of terminal acetylenes is 1. The number of hydrogen-bond acceptors (Lipinski definition) is 5. The van der Waals surface area contributed by atoms with Gasteiger partial charge in [-0.05, 0) is 6.92 Å². The lowest BCUT2D eigenvalue weighted by Gasteiger charge is -2.13. The Morgan fingerprint density at radius 3 is 2.69 bits per heavy atom. The van der Waals surface area contributed by atoms with Crippen LogP contribution in [0.3, 0.4) is 0 Å². The largest absolute Gasteiger partial charge is 0.464 e. The summed E-state index contributed by atoms with van der Waals surface area (Å²) in [4.78, 5) is 8.57. The summed E-state index contributed by atoms with van der Waals surface area (Å²) >= 11 is 0. The molecule has 1 aromatic heterocycles. The van der Waals surface area contributed by atoms with Gasteiger partial charge in [0.25, 0.3) is 0 Å². The molecule has 0 aliphatic rings. The second-order valence-electron chi connectivity index (χ2n) is 3.65. The third-order valence-electron chi connectivity index (χ3n) is 2.06. The maximum absolute atomic E-state index is 5.38. The third kappa shape index (κ3) is 2.61. The quantitative estimate of drug-likeness (QED) is 0.453. The van der Waals surface area contributed by atoms with Crippen molar-refractivity contribution in [2.75, 3.05) is 12.0 Å². The maximum atomic E-state index is 5.38. The fourth-order valence-corrected chi connectivity index (χ4v) is 1.16. The van der Waals surface area contributed by atoms with E-state index in [9.17, 15) is 0 Å². The molecule has 0 saturated heterocycles. The zero-order valence-corrected chi connectivity index (χ0v) is 9.74. The number of nitrogens with two attached hydrogens (primary N) is 1. The molecular formula is C11H16N4O. The Morgan fingerprint density at radius 1 is 1.50 bits per heavy atom. The molecule has 5 nitrogen and oxygen atoms in total. The summed E-state index contributed by atoms with van der Waals surface area (Å²) in [6, 6.07) is 0. The Morgan fingerprint density at radius 2 is 2.19 bits per heavy atom. The molecule has 0 amide bonds. The predicted molar refractivity (Wildman–Crippen MR) is 63.0 cm³/mol. The summed E-state index contributed by atoms with van der Waals surface area (Å²) in [5.41, 5.74) is 3.28. The molecule has 16 heavy (non-hydrogen) atoms. The van der Waals surface area contributed by atoms with Crippen LogP contribution in [-0.2, 0) is 0 Å². The van der Waals surface area contributed by atoms with Crippen LogP contribution >= 0.6 is 0 Å². The zero-order valence-electron chi connectivity index (χ0n) is 9.74. The molecule has 1 aromatic rings. The Kier molecular flexibility index (Phi) is 4.09. The summed E-state index contributed by atoms with van der Waals surface area (Å²) in [6.45, 7) is 6.00. The van der Waals surface area contributed by atoms with E-state index in [1.807, 2.05) is 20.8 Å². The lowest BCUT2D eigenvalue weighted by Crippen LogP contribution is -2.14.